The van der Waals surface area contributed by atoms with Crippen LogP contribution in [0.1, 0.15) is 34.8 Å². The summed E-state index contributed by atoms with van der Waals surface area (Å²) < 4.78 is 22.1. The fraction of sp³-hybridized carbons (Fsp3) is 0.321. The lowest BCUT2D eigenvalue weighted by Crippen LogP contribution is -2.47. The number of methoxy groups -OCH3 is 3. The molecule has 0 aliphatic rings. The number of likely N-dealkylation sites (N-methyl/N-ethyl adjacent to an activating group) is 1. The van der Waals surface area contributed by atoms with Crippen LogP contribution in [0.4, 0.5) is 0 Å². The first-order valence-corrected chi connectivity index (χ1v) is 11.3. The predicted molar refractivity (Wildman–Crippen MR) is 133 cm³/mol. The molecule has 1 atom stereocenters. The number of rotatable bonds is 11. The summed E-state index contributed by atoms with van der Waals surface area (Å²) >= 11 is 0. The van der Waals surface area contributed by atoms with Crippen molar-refractivity contribution in [1.82, 2.24) is 4.90 Å². The minimum Gasteiger partial charge on any atom is -0.493 e. The van der Waals surface area contributed by atoms with Gasteiger partial charge in [-0.05, 0) is 36.7 Å². The van der Waals surface area contributed by atoms with Gasteiger partial charge in [0.05, 0.1) is 32.4 Å². The van der Waals surface area contributed by atoms with E-state index in [1.165, 1.54) is 26.9 Å². The van der Waals surface area contributed by atoms with E-state index in [1.807, 2.05) is 36.4 Å². The standard InChI is InChI=1S/C28H33NO5/c1-6-28(23-15-11-8-12-16-23,29(2)19-21-13-9-7-10-14-21)20-34-27(30)22-17-24(31-3)26(33-5)25(18-22)32-4/h7-18H,6,19-20H2,1-5H3/t28-/m1/s1. The zero-order chi connectivity index (χ0) is 24.6. The zero-order valence-electron chi connectivity index (χ0n) is 20.5. The SMILES string of the molecule is CC[C@@](COC(=O)c1cc(OC)c(OC)c(OC)c1)(c1ccccc1)N(C)Cc1ccccc1. The van der Waals surface area contributed by atoms with Crippen molar-refractivity contribution in [2.75, 3.05) is 35.0 Å². The summed E-state index contributed by atoms with van der Waals surface area (Å²) in [6, 6.07) is 23.7. The highest BCUT2D eigenvalue weighted by Gasteiger charge is 2.36. The van der Waals surface area contributed by atoms with Crippen LogP contribution in [0, 0.1) is 0 Å². The van der Waals surface area contributed by atoms with Gasteiger partial charge < -0.3 is 18.9 Å². The molecule has 6 heteroatoms. The zero-order valence-corrected chi connectivity index (χ0v) is 20.5. The van der Waals surface area contributed by atoms with Crippen LogP contribution in [0.2, 0.25) is 0 Å². The highest BCUT2D eigenvalue weighted by atomic mass is 16.5. The molecule has 180 valence electrons. The van der Waals surface area contributed by atoms with E-state index in [4.69, 9.17) is 18.9 Å². The molecule has 6 nitrogen and oxygen atoms in total. The van der Waals surface area contributed by atoms with Crippen LogP contribution in [0.15, 0.2) is 72.8 Å². The van der Waals surface area contributed by atoms with Gasteiger partial charge in [0.15, 0.2) is 11.5 Å². The number of carbonyl (C=O) groups excluding carboxylic acids is 1. The van der Waals surface area contributed by atoms with E-state index >= 15 is 0 Å². The number of hydrogen-bond acceptors (Lipinski definition) is 6. The lowest BCUT2D eigenvalue weighted by atomic mass is 9.86. The monoisotopic (exact) mass is 463 g/mol. The largest absolute Gasteiger partial charge is 0.493 e. The molecule has 0 unspecified atom stereocenters. The van der Waals surface area contributed by atoms with E-state index in [9.17, 15) is 4.79 Å². The topological polar surface area (TPSA) is 57.2 Å². The fourth-order valence-corrected chi connectivity index (χ4v) is 4.21. The molecule has 34 heavy (non-hydrogen) atoms. The van der Waals surface area contributed by atoms with Gasteiger partial charge in [0.2, 0.25) is 5.75 Å². The minimum absolute atomic E-state index is 0.187. The molecule has 0 aliphatic heterocycles. The lowest BCUT2D eigenvalue weighted by molar-refractivity contribution is 0.000985. The molecule has 3 rings (SSSR count). The first-order valence-electron chi connectivity index (χ1n) is 11.3. The second kappa shape index (κ2) is 11.6. The summed E-state index contributed by atoms with van der Waals surface area (Å²) in [4.78, 5) is 15.4. The van der Waals surface area contributed by atoms with Gasteiger partial charge in [-0.15, -0.1) is 0 Å². The molecule has 0 radical (unpaired) electrons. The van der Waals surface area contributed by atoms with Crippen LogP contribution in [0.3, 0.4) is 0 Å². The molecular weight excluding hydrogens is 430 g/mol. The average molecular weight is 464 g/mol. The minimum atomic E-state index is -0.507. The third-order valence-corrected chi connectivity index (χ3v) is 6.23. The highest BCUT2D eigenvalue weighted by Crippen LogP contribution is 2.39. The Balaban J connectivity index is 1.91. The van der Waals surface area contributed by atoms with Gasteiger partial charge in [-0.3, -0.25) is 4.90 Å². The molecule has 3 aromatic carbocycles. The second-order valence-electron chi connectivity index (χ2n) is 8.08. The van der Waals surface area contributed by atoms with Gasteiger partial charge in [-0.2, -0.15) is 0 Å². The van der Waals surface area contributed by atoms with E-state index in [1.54, 1.807) is 12.1 Å². The quantitative estimate of drug-likeness (QED) is 0.360. The van der Waals surface area contributed by atoms with Crippen molar-refractivity contribution in [3.63, 3.8) is 0 Å². The van der Waals surface area contributed by atoms with E-state index in [2.05, 4.69) is 43.1 Å². The Bertz CT molecular complexity index is 1050. The van der Waals surface area contributed by atoms with Crippen molar-refractivity contribution < 1.29 is 23.7 Å². The molecular formula is C28H33NO5. The summed E-state index contributed by atoms with van der Waals surface area (Å²) in [6.07, 6.45) is 0.753. The molecule has 0 spiro atoms. The first-order chi connectivity index (χ1) is 16.5. The fourth-order valence-electron chi connectivity index (χ4n) is 4.21. The summed E-state index contributed by atoms with van der Waals surface area (Å²) in [5, 5.41) is 0. The Morgan fingerprint density at radius 3 is 1.91 bits per heavy atom. The molecule has 3 aromatic rings. The van der Waals surface area contributed by atoms with Crippen molar-refractivity contribution in [2.45, 2.75) is 25.4 Å². The van der Waals surface area contributed by atoms with Crippen molar-refractivity contribution >= 4 is 5.97 Å². The maximum absolute atomic E-state index is 13.2. The molecule has 0 saturated heterocycles. The van der Waals surface area contributed by atoms with Crippen LogP contribution >= 0.6 is 0 Å². The van der Waals surface area contributed by atoms with Crippen molar-refractivity contribution in [3.05, 3.63) is 89.5 Å². The van der Waals surface area contributed by atoms with Gasteiger partial charge in [0.1, 0.15) is 6.61 Å². The van der Waals surface area contributed by atoms with Crippen molar-refractivity contribution in [2.24, 2.45) is 0 Å². The summed E-state index contributed by atoms with van der Waals surface area (Å²) in [5.74, 6) is 0.775. The molecule has 0 N–H and O–H groups in total. The normalized spacial score (nSPS) is 12.6. The number of hydrogen-bond donors (Lipinski definition) is 0. The van der Waals surface area contributed by atoms with Crippen LogP contribution in [0.25, 0.3) is 0 Å². The van der Waals surface area contributed by atoms with E-state index < -0.39 is 11.5 Å². The number of nitrogens with zero attached hydrogens (tertiary/aromatic N) is 1. The van der Waals surface area contributed by atoms with Crippen LogP contribution < -0.4 is 14.2 Å². The molecule has 0 saturated carbocycles. The smallest absolute Gasteiger partial charge is 0.338 e. The lowest BCUT2D eigenvalue weighted by Gasteiger charge is -2.41. The summed E-state index contributed by atoms with van der Waals surface area (Å²) in [7, 11) is 6.62. The Labute approximate surface area is 202 Å². The predicted octanol–water partition coefficient (Wildman–Crippen LogP) is 5.31. The maximum Gasteiger partial charge on any atom is 0.338 e. The van der Waals surface area contributed by atoms with E-state index in [0.29, 0.717) is 29.4 Å². The van der Waals surface area contributed by atoms with Crippen LogP contribution in [-0.4, -0.2) is 45.9 Å². The van der Waals surface area contributed by atoms with Crippen molar-refractivity contribution in [3.8, 4) is 17.2 Å². The summed E-state index contributed by atoms with van der Waals surface area (Å²) in [5.41, 5.74) is 2.11. The summed E-state index contributed by atoms with van der Waals surface area (Å²) in [6.45, 7) is 3.01. The number of ether oxygens (including phenoxy) is 4. The number of esters is 1. The Morgan fingerprint density at radius 1 is 0.853 bits per heavy atom. The van der Waals surface area contributed by atoms with E-state index in [0.717, 1.165) is 12.0 Å². The van der Waals surface area contributed by atoms with E-state index in [-0.39, 0.29) is 6.61 Å². The Morgan fingerprint density at radius 2 is 1.41 bits per heavy atom. The highest BCUT2D eigenvalue weighted by molar-refractivity contribution is 5.91. The van der Waals surface area contributed by atoms with Gasteiger partial charge in [-0.1, -0.05) is 67.6 Å². The first kappa shape index (κ1) is 25.1. The Kier molecular flexibility index (Phi) is 8.55. The second-order valence-corrected chi connectivity index (χ2v) is 8.08. The molecule has 0 bridgehead atoms. The number of benzene rings is 3. The third kappa shape index (κ3) is 5.34. The van der Waals surface area contributed by atoms with Crippen LogP contribution in [0.5, 0.6) is 17.2 Å². The van der Waals surface area contributed by atoms with Gasteiger partial charge in [0, 0.05) is 6.54 Å². The molecule has 0 aliphatic carbocycles. The maximum atomic E-state index is 13.2. The molecule has 0 fully saturated rings. The average Bonchev–Trinajstić information content (AvgIpc) is 2.89. The van der Waals surface area contributed by atoms with Crippen LogP contribution in [-0.2, 0) is 16.8 Å². The van der Waals surface area contributed by atoms with Gasteiger partial charge in [0.25, 0.3) is 0 Å². The molecule has 0 amide bonds. The van der Waals surface area contributed by atoms with Gasteiger partial charge in [-0.25, -0.2) is 4.79 Å². The van der Waals surface area contributed by atoms with Crippen molar-refractivity contribution in [1.29, 1.82) is 0 Å². The third-order valence-electron chi connectivity index (χ3n) is 6.23. The van der Waals surface area contributed by atoms with Gasteiger partial charge >= 0.3 is 5.97 Å². The molecule has 0 heterocycles. The molecule has 0 aromatic heterocycles. The Hall–Kier alpha value is -3.51. The number of carbonyl (C=O) groups is 1.